The summed E-state index contributed by atoms with van der Waals surface area (Å²) in [6.45, 7) is 3.82. The van der Waals surface area contributed by atoms with Crippen LogP contribution < -0.4 is 19.1 Å². The fraction of sp³-hybridized carbons (Fsp3) is 0.355. The molecule has 9 nitrogen and oxygen atoms in total. The van der Waals surface area contributed by atoms with Gasteiger partial charge in [0, 0.05) is 30.6 Å². The van der Waals surface area contributed by atoms with Gasteiger partial charge in [0.05, 0.1) is 26.2 Å². The molecule has 0 aliphatic heterocycles. The molecular weight excluding hydrogens is 578 g/mol. The Morgan fingerprint density at radius 2 is 1.62 bits per heavy atom. The quantitative estimate of drug-likeness (QED) is 0.286. The molecule has 0 aromatic heterocycles. The molecule has 0 aliphatic rings. The van der Waals surface area contributed by atoms with Crippen molar-refractivity contribution in [2.75, 3.05) is 37.9 Å². The van der Waals surface area contributed by atoms with Crippen molar-refractivity contribution in [3.05, 3.63) is 88.9 Å². The van der Waals surface area contributed by atoms with Gasteiger partial charge in [-0.05, 0) is 41.3 Å². The second-order valence-electron chi connectivity index (χ2n) is 10.3. The highest BCUT2D eigenvalue weighted by Crippen LogP contribution is 2.34. The van der Waals surface area contributed by atoms with E-state index >= 15 is 0 Å². The normalized spacial score (nSPS) is 12.0. The minimum atomic E-state index is -3.98. The van der Waals surface area contributed by atoms with Crippen LogP contribution in [0.15, 0.2) is 72.8 Å². The third-order valence-corrected chi connectivity index (χ3v) is 7.89. The van der Waals surface area contributed by atoms with Crippen LogP contribution in [0, 0.1) is 5.92 Å². The Morgan fingerprint density at radius 1 is 0.929 bits per heavy atom. The third-order valence-electron chi connectivity index (χ3n) is 6.53. The van der Waals surface area contributed by atoms with E-state index in [9.17, 15) is 18.0 Å². The first kappa shape index (κ1) is 32.8. The summed E-state index contributed by atoms with van der Waals surface area (Å²) in [5.41, 5.74) is 1.68. The maximum atomic E-state index is 14.2. The Labute approximate surface area is 253 Å². The van der Waals surface area contributed by atoms with Gasteiger partial charge in [-0.25, -0.2) is 8.42 Å². The van der Waals surface area contributed by atoms with Crippen LogP contribution in [0.5, 0.6) is 11.5 Å². The summed E-state index contributed by atoms with van der Waals surface area (Å²) in [7, 11) is -1.11. The van der Waals surface area contributed by atoms with Gasteiger partial charge in [0.15, 0.2) is 0 Å². The number of halogens is 1. The van der Waals surface area contributed by atoms with E-state index in [0.717, 1.165) is 16.1 Å². The van der Waals surface area contributed by atoms with E-state index < -0.39 is 28.5 Å². The van der Waals surface area contributed by atoms with Crippen molar-refractivity contribution >= 4 is 39.1 Å². The lowest BCUT2D eigenvalue weighted by Crippen LogP contribution is -2.53. The number of ether oxygens (including phenoxy) is 2. The van der Waals surface area contributed by atoms with Gasteiger partial charge in [-0.15, -0.1) is 0 Å². The number of hydrogen-bond donors (Lipinski definition) is 1. The van der Waals surface area contributed by atoms with Crippen LogP contribution in [0.2, 0.25) is 5.02 Å². The van der Waals surface area contributed by atoms with Crippen LogP contribution in [0.25, 0.3) is 0 Å². The van der Waals surface area contributed by atoms with Crippen molar-refractivity contribution in [2.24, 2.45) is 5.92 Å². The van der Waals surface area contributed by atoms with Gasteiger partial charge in [0.2, 0.25) is 21.8 Å². The first-order valence-electron chi connectivity index (χ1n) is 13.5. The highest BCUT2D eigenvalue weighted by molar-refractivity contribution is 7.92. The lowest BCUT2D eigenvalue weighted by atomic mass is 10.0. The van der Waals surface area contributed by atoms with Gasteiger partial charge in [-0.3, -0.25) is 13.9 Å². The largest absolute Gasteiger partial charge is 0.497 e. The molecule has 0 spiro atoms. The van der Waals surface area contributed by atoms with E-state index in [4.69, 9.17) is 21.1 Å². The second-order valence-corrected chi connectivity index (χ2v) is 12.6. The summed E-state index contributed by atoms with van der Waals surface area (Å²) in [6.07, 6.45) is 1.23. The molecule has 2 amide bonds. The van der Waals surface area contributed by atoms with Crippen molar-refractivity contribution < 1.29 is 27.5 Å². The van der Waals surface area contributed by atoms with E-state index in [1.54, 1.807) is 36.4 Å². The summed E-state index contributed by atoms with van der Waals surface area (Å²) < 4.78 is 37.9. The maximum absolute atomic E-state index is 14.2. The molecule has 226 valence electrons. The Kier molecular flexibility index (Phi) is 11.6. The fourth-order valence-electron chi connectivity index (χ4n) is 4.39. The van der Waals surface area contributed by atoms with Gasteiger partial charge < -0.3 is 19.7 Å². The standard InChI is InChI=1S/C31H38ClN3O6S/c1-22(2)19-33-31(37)28(17-23-10-7-6-8-11-23)34(20-24-12-9-13-25(32)16-24)30(36)21-35(42(5,38)39)27-18-26(40-3)14-15-29(27)41-4/h6-16,18,22,28H,17,19-21H2,1-5H3,(H,33,37)/t28-/m0/s1. The number of anilines is 1. The van der Waals surface area contributed by atoms with Gasteiger partial charge in [0.25, 0.3) is 0 Å². The Balaban J connectivity index is 2.10. The molecule has 0 aliphatic carbocycles. The van der Waals surface area contributed by atoms with E-state index in [2.05, 4.69) is 5.32 Å². The lowest BCUT2D eigenvalue weighted by Gasteiger charge is -2.34. The molecule has 1 N–H and O–H groups in total. The molecule has 0 fully saturated rings. The molecule has 0 bridgehead atoms. The van der Waals surface area contributed by atoms with Gasteiger partial charge in [-0.2, -0.15) is 0 Å². The first-order valence-corrected chi connectivity index (χ1v) is 15.7. The number of rotatable bonds is 14. The molecule has 0 saturated carbocycles. The third kappa shape index (κ3) is 9.12. The average molecular weight is 616 g/mol. The zero-order valence-corrected chi connectivity index (χ0v) is 26.1. The summed E-state index contributed by atoms with van der Waals surface area (Å²) in [4.78, 5) is 29.3. The van der Waals surface area contributed by atoms with Crippen LogP contribution in [0.1, 0.15) is 25.0 Å². The van der Waals surface area contributed by atoms with E-state index in [1.807, 2.05) is 44.2 Å². The molecule has 11 heteroatoms. The minimum Gasteiger partial charge on any atom is -0.497 e. The molecule has 3 rings (SSSR count). The minimum absolute atomic E-state index is 0.0266. The number of benzene rings is 3. The molecule has 0 heterocycles. The zero-order chi connectivity index (χ0) is 30.9. The zero-order valence-electron chi connectivity index (χ0n) is 24.5. The number of carbonyl (C=O) groups is 2. The van der Waals surface area contributed by atoms with Crippen molar-refractivity contribution in [3.8, 4) is 11.5 Å². The Morgan fingerprint density at radius 3 is 2.21 bits per heavy atom. The molecule has 0 unspecified atom stereocenters. The highest BCUT2D eigenvalue weighted by Gasteiger charge is 2.34. The van der Waals surface area contributed by atoms with Gasteiger partial charge >= 0.3 is 0 Å². The molecule has 0 saturated heterocycles. The Hall–Kier alpha value is -3.76. The number of nitrogens with zero attached hydrogens (tertiary/aromatic N) is 2. The van der Waals surface area contributed by atoms with Crippen LogP contribution in [0.3, 0.4) is 0 Å². The van der Waals surface area contributed by atoms with E-state index in [0.29, 0.717) is 22.9 Å². The molecule has 0 radical (unpaired) electrons. The maximum Gasteiger partial charge on any atom is 0.244 e. The van der Waals surface area contributed by atoms with Crippen LogP contribution >= 0.6 is 11.6 Å². The van der Waals surface area contributed by atoms with Crippen molar-refractivity contribution in [2.45, 2.75) is 32.9 Å². The summed E-state index contributed by atoms with van der Waals surface area (Å²) in [5.74, 6) is -0.105. The summed E-state index contributed by atoms with van der Waals surface area (Å²) in [6, 6.07) is 20.1. The van der Waals surface area contributed by atoms with Crippen molar-refractivity contribution in [1.29, 1.82) is 0 Å². The van der Waals surface area contributed by atoms with E-state index in [-0.39, 0.29) is 36.2 Å². The van der Waals surface area contributed by atoms with Crippen LogP contribution in [-0.2, 0) is 32.6 Å². The molecule has 3 aromatic carbocycles. The number of carbonyl (C=O) groups excluding carboxylic acids is 2. The number of amides is 2. The van der Waals surface area contributed by atoms with Crippen molar-refractivity contribution in [3.63, 3.8) is 0 Å². The smallest absolute Gasteiger partial charge is 0.244 e. The van der Waals surface area contributed by atoms with Gasteiger partial charge in [-0.1, -0.05) is 67.9 Å². The fourth-order valence-corrected chi connectivity index (χ4v) is 5.45. The summed E-state index contributed by atoms with van der Waals surface area (Å²) in [5, 5.41) is 3.43. The Bertz CT molecular complexity index is 1470. The summed E-state index contributed by atoms with van der Waals surface area (Å²) >= 11 is 6.25. The van der Waals surface area contributed by atoms with Crippen LogP contribution in [-0.4, -0.2) is 64.7 Å². The second kappa shape index (κ2) is 14.9. The first-order chi connectivity index (χ1) is 19.9. The highest BCUT2D eigenvalue weighted by atomic mass is 35.5. The SMILES string of the molecule is COc1ccc(OC)c(N(CC(=O)N(Cc2cccc(Cl)c2)[C@@H](Cc2ccccc2)C(=O)NCC(C)C)S(C)(=O)=O)c1. The number of nitrogens with one attached hydrogen (secondary N) is 1. The predicted octanol–water partition coefficient (Wildman–Crippen LogP) is 4.54. The average Bonchev–Trinajstić information content (AvgIpc) is 2.96. The predicted molar refractivity (Wildman–Crippen MR) is 166 cm³/mol. The van der Waals surface area contributed by atoms with Crippen LogP contribution in [0.4, 0.5) is 5.69 Å². The van der Waals surface area contributed by atoms with Crippen molar-refractivity contribution in [1.82, 2.24) is 10.2 Å². The monoisotopic (exact) mass is 615 g/mol. The lowest BCUT2D eigenvalue weighted by molar-refractivity contribution is -0.140. The number of hydrogen-bond acceptors (Lipinski definition) is 6. The topological polar surface area (TPSA) is 105 Å². The molecule has 42 heavy (non-hydrogen) atoms. The van der Waals surface area contributed by atoms with Gasteiger partial charge in [0.1, 0.15) is 24.1 Å². The molecular formula is C31H38ClN3O6S. The van der Waals surface area contributed by atoms with E-state index in [1.165, 1.54) is 25.2 Å². The molecule has 1 atom stereocenters. The molecule has 3 aromatic rings. The number of sulfonamides is 1. The number of methoxy groups -OCH3 is 2.